The molecule has 1 aromatic carbocycles. The van der Waals surface area contributed by atoms with E-state index in [1.54, 1.807) is 6.07 Å². The summed E-state index contributed by atoms with van der Waals surface area (Å²) in [7, 11) is 0. The fourth-order valence-corrected chi connectivity index (χ4v) is 2.73. The van der Waals surface area contributed by atoms with Gasteiger partial charge in [0.2, 0.25) is 0 Å². The predicted octanol–water partition coefficient (Wildman–Crippen LogP) is 3.02. The molecule has 1 saturated carbocycles. The van der Waals surface area contributed by atoms with Gasteiger partial charge in [-0.15, -0.1) is 0 Å². The van der Waals surface area contributed by atoms with Crippen LogP contribution in [0.2, 0.25) is 5.02 Å². The van der Waals surface area contributed by atoms with Crippen molar-refractivity contribution in [2.45, 2.75) is 32.2 Å². The minimum Gasteiger partial charge on any atom is -0.481 e. The monoisotopic (exact) mass is 296 g/mol. The molecular formula is C14H17ClN2O3. The molecule has 2 atom stereocenters. The van der Waals surface area contributed by atoms with Crippen molar-refractivity contribution < 1.29 is 14.7 Å². The van der Waals surface area contributed by atoms with Crippen LogP contribution in [0.4, 0.5) is 10.5 Å². The van der Waals surface area contributed by atoms with Gasteiger partial charge in [0.05, 0.1) is 16.6 Å². The summed E-state index contributed by atoms with van der Waals surface area (Å²) in [5, 5.41) is 14.9. The van der Waals surface area contributed by atoms with E-state index in [1.807, 2.05) is 19.1 Å². The van der Waals surface area contributed by atoms with Crippen LogP contribution in [0.1, 0.15) is 24.8 Å². The number of aliphatic carboxylic acids is 1. The third-order valence-electron chi connectivity index (χ3n) is 3.58. The van der Waals surface area contributed by atoms with Gasteiger partial charge in [0.1, 0.15) is 0 Å². The van der Waals surface area contributed by atoms with Crippen molar-refractivity contribution in [3.63, 3.8) is 0 Å². The molecule has 2 rings (SSSR count). The van der Waals surface area contributed by atoms with Gasteiger partial charge in [-0.1, -0.05) is 23.7 Å². The summed E-state index contributed by atoms with van der Waals surface area (Å²) >= 11 is 6.03. The van der Waals surface area contributed by atoms with Crippen LogP contribution < -0.4 is 10.6 Å². The van der Waals surface area contributed by atoms with Gasteiger partial charge in [0.15, 0.2) is 0 Å². The Labute approximate surface area is 122 Å². The molecule has 2 unspecified atom stereocenters. The van der Waals surface area contributed by atoms with E-state index in [2.05, 4.69) is 10.6 Å². The molecule has 1 aliphatic rings. The lowest BCUT2D eigenvalue weighted by atomic mass is 10.1. The highest BCUT2D eigenvalue weighted by atomic mass is 35.5. The van der Waals surface area contributed by atoms with E-state index in [-0.39, 0.29) is 18.0 Å². The lowest BCUT2D eigenvalue weighted by molar-refractivity contribution is -0.141. The Kier molecular flexibility index (Phi) is 4.49. The van der Waals surface area contributed by atoms with Crippen LogP contribution in [0.15, 0.2) is 18.2 Å². The number of carbonyl (C=O) groups is 2. The molecule has 0 saturated heterocycles. The molecule has 108 valence electrons. The Balaban J connectivity index is 1.92. The molecule has 1 aliphatic carbocycles. The average Bonchev–Trinajstić information content (AvgIpc) is 2.82. The third kappa shape index (κ3) is 3.42. The Bertz CT molecular complexity index is 513. The first-order valence-corrected chi connectivity index (χ1v) is 6.90. The Morgan fingerprint density at radius 3 is 2.70 bits per heavy atom. The Hall–Kier alpha value is -1.75. The molecule has 20 heavy (non-hydrogen) atoms. The van der Waals surface area contributed by atoms with Gasteiger partial charge >= 0.3 is 12.0 Å². The van der Waals surface area contributed by atoms with Crippen molar-refractivity contribution in [3.8, 4) is 0 Å². The van der Waals surface area contributed by atoms with Gasteiger partial charge in [-0.05, 0) is 37.8 Å². The van der Waals surface area contributed by atoms with Gasteiger partial charge in [-0.3, -0.25) is 4.79 Å². The molecule has 0 aromatic heterocycles. The smallest absolute Gasteiger partial charge is 0.319 e. The van der Waals surface area contributed by atoms with Crippen LogP contribution in [-0.2, 0) is 4.79 Å². The summed E-state index contributed by atoms with van der Waals surface area (Å²) in [6, 6.07) is 4.93. The van der Waals surface area contributed by atoms with Gasteiger partial charge in [0.25, 0.3) is 0 Å². The maximum absolute atomic E-state index is 11.9. The van der Waals surface area contributed by atoms with Crippen molar-refractivity contribution in [2.75, 3.05) is 5.32 Å². The van der Waals surface area contributed by atoms with Crippen molar-refractivity contribution in [1.29, 1.82) is 0 Å². The van der Waals surface area contributed by atoms with Crippen LogP contribution in [0, 0.1) is 12.8 Å². The fraction of sp³-hybridized carbons (Fsp3) is 0.429. The number of nitrogens with one attached hydrogen (secondary N) is 2. The highest BCUT2D eigenvalue weighted by molar-refractivity contribution is 6.33. The van der Waals surface area contributed by atoms with E-state index in [4.69, 9.17) is 16.7 Å². The topological polar surface area (TPSA) is 78.4 Å². The van der Waals surface area contributed by atoms with E-state index < -0.39 is 5.97 Å². The molecule has 5 nitrogen and oxygen atoms in total. The zero-order valence-electron chi connectivity index (χ0n) is 11.1. The average molecular weight is 297 g/mol. The lowest BCUT2D eigenvalue weighted by Crippen LogP contribution is -2.36. The van der Waals surface area contributed by atoms with Crippen LogP contribution in [0.3, 0.4) is 0 Å². The molecule has 1 fully saturated rings. The zero-order valence-corrected chi connectivity index (χ0v) is 11.9. The molecule has 0 spiro atoms. The van der Waals surface area contributed by atoms with Crippen molar-refractivity contribution in [2.24, 2.45) is 5.92 Å². The number of anilines is 1. The minimum absolute atomic E-state index is 0.0982. The molecule has 3 N–H and O–H groups in total. The standard InChI is InChI=1S/C14H17ClN2O3/c1-8-3-2-4-11(15)12(8)17-14(20)16-10-6-5-9(7-10)13(18)19/h2-4,9-10H,5-7H2,1H3,(H,18,19)(H2,16,17,20). The minimum atomic E-state index is -0.795. The molecule has 0 radical (unpaired) electrons. The molecule has 0 aliphatic heterocycles. The van der Waals surface area contributed by atoms with Gasteiger partial charge in [-0.2, -0.15) is 0 Å². The van der Waals surface area contributed by atoms with E-state index in [1.165, 1.54) is 0 Å². The fourth-order valence-electron chi connectivity index (χ4n) is 2.46. The first kappa shape index (κ1) is 14.7. The van der Waals surface area contributed by atoms with Crippen molar-refractivity contribution >= 4 is 29.3 Å². The lowest BCUT2D eigenvalue weighted by Gasteiger charge is -2.15. The summed E-state index contributed by atoms with van der Waals surface area (Å²) in [6.45, 7) is 1.86. The second-order valence-electron chi connectivity index (χ2n) is 5.08. The largest absolute Gasteiger partial charge is 0.481 e. The van der Waals surface area contributed by atoms with Gasteiger partial charge in [0, 0.05) is 6.04 Å². The molecule has 2 amide bonds. The van der Waals surface area contributed by atoms with Crippen LogP contribution in [0.5, 0.6) is 0 Å². The van der Waals surface area contributed by atoms with Gasteiger partial charge in [-0.25, -0.2) is 4.79 Å². The highest BCUT2D eigenvalue weighted by Crippen LogP contribution is 2.27. The molecule has 0 heterocycles. The van der Waals surface area contributed by atoms with E-state index >= 15 is 0 Å². The number of amides is 2. The number of hydrogen-bond acceptors (Lipinski definition) is 2. The van der Waals surface area contributed by atoms with Crippen LogP contribution in [-0.4, -0.2) is 23.1 Å². The molecular weight excluding hydrogens is 280 g/mol. The SMILES string of the molecule is Cc1cccc(Cl)c1NC(=O)NC1CCC(C(=O)O)C1. The number of aryl methyl sites for hydroxylation is 1. The number of halogens is 1. The molecule has 6 heteroatoms. The van der Waals surface area contributed by atoms with Crippen molar-refractivity contribution in [3.05, 3.63) is 28.8 Å². The van der Waals surface area contributed by atoms with E-state index in [0.717, 1.165) is 5.56 Å². The second-order valence-corrected chi connectivity index (χ2v) is 5.48. The van der Waals surface area contributed by atoms with E-state index in [0.29, 0.717) is 30.0 Å². The maximum Gasteiger partial charge on any atom is 0.319 e. The first-order chi connectivity index (χ1) is 9.47. The molecule has 0 bridgehead atoms. The van der Waals surface area contributed by atoms with Crippen LogP contribution in [0.25, 0.3) is 0 Å². The summed E-state index contributed by atoms with van der Waals surface area (Å²) in [5.74, 6) is -1.15. The predicted molar refractivity (Wildman–Crippen MR) is 77.1 cm³/mol. The highest BCUT2D eigenvalue weighted by Gasteiger charge is 2.30. The number of hydrogen-bond donors (Lipinski definition) is 3. The number of para-hydroxylation sites is 1. The Morgan fingerprint density at radius 2 is 2.10 bits per heavy atom. The van der Waals surface area contributed by atoms with E-state index in [9.17, 15) is 9.59 Å². The number of urea groups is 1. The number of rotatable bonds is 3. The summed E-state index contributed by atoms with van der Waals surface area (Å²) in [4.78, 5) is 22.8. The number of carboxylic acids is 1. The quantitative estimate of drug-likeness (QED) is 0.802. The number of carboxylic acid groups (broad SMARTS) is 1. The Morgan fingerprint density at radius 1 is 1.35 bits per heavy atom. The maximum atomic E-state index is 11.9. The van der Waals surface area contributed by atoms with Crippen molar-refractivity contribution in [1.82, 2.24) is 5.32 Å². The summed E-state index contributed by atoms with van der Waals surface area (Å²) < 4.78 is 0. The summed E-state index contributed by atoms with van der Waals surface area (Å²) in [6.07, 6.45) is 1.77. The second kappa shape index (κ2) is 6.13. The third-order valence-corrected chi connectivity index (χ3v) is 3.89. The van der Waals surface area contributed by atoms with Crippen LogP contribution >= 0.6 is 11.6 Å². The number of carbonyl (C=O) groups excluding carboxylic acids is 1. The van der Waals surface area contributed by atoms with Gasteiger partial charge < -0.3 is 15.7 Å². The normalized spacial score (nSPS) is 21.5. The zero-order chi connectivity index (χ0) is 14.7. The number of benzene rings is 1. The summed E-state index contributed by atoms with van der Waals surface area (Å²) in [5.41, 5.74) is 1.46. The first-order valence-electron chi connectivity index (χ1n) is 6.53. The molecule has 1 aromatic rings.